The first-order chi connectivity index (χ1) is 7.04. The third-order valence-corrected chi connectivity index (χ3v) is 2.36. The summed E-state index contributed by atoms with van der Waals surface area (Å²) in [6.45, 7) is 0. The van der Waals surface area contributed by atoms with Crippen LogP contribution in [0.25, 0.3) is 0 Å². The van der Waals surface area contributed by atoms with Crippen LogP contribution in [0.1, 0.15) is 5.56 Å². The van der Waals surface area contributed by atoms with Gasteiger partial charge < -0.3 is 5.32 Å². The molecule has 1 aromatic carbocycles. The summed E-state index contributed by atoms with van der Waals surface area (Å²) in [6, 6.07) is 2.98. The molecule has 1 atom stereocenters. The molecule has 1 nitrogen and oxygen atoms in total. The average molecular weight is 238 g/mol. The first kappa shape index (κ1) is 12.3. The van der Waals surface area contributed by atoms with Crippen LogP contribution in [-0.2, 0) is 6.42 Å². The third kappa shape index (κ3) is 3.39. The van der Waals surface area contributed by atoms with Gasteiger partial charge >= 0.3 is 0 Å². The number of hydrogen-bond acceptors (Lipinski definition) is 1. The molecule has 0 saturated heterocycles. The van der Waals surface area contributed by atoms with E-state index in [1.54, 1.807) is 0 Å². The fourth-order valence-electron chi connectivity index (χ4n) is 1.24. The van der Waals surface area contributed by atoms with E-state index in [1.165, 1.54) is 19.2 Å². The fraction of sp³-hybridized carbons (Fsp3) is 0.400. The van der Waals surface area contributed by atoms with Crippen molar-refractivity contribution >= 4 is 11.6 Å². The molecule has 0 amide bonds. The quantitative estimate of drug-likeness (QED) is 0.849. The molecule has 1 rings (SSSR count). The van der Waals surface area contributed by atoms with E-state index in [9.17, 15) is 13.2 Å². The molecule has 0 aliphatic heterocycles. The van der Waals surface area contributed by atoms with Gasteiger partial charge in [0.05, 0.1) is 6.04 Å². The highest BCUT2D eigenvalue weighted by Gasteiger charge is 2.19. The smallest absolute Gasteiger partial charge is 0.254 e. The van der Waals surface area contributed by atoms with Crippen molar-refractivity contribution in [3.63, 3.8) is 0 Å². The maximum Gasteiger partial charge on any atom is 0.254 e. The highest BCUT2D eigenvalue weighted by molar-refractivity contribution is 6.30. The number of hydrogen-bond donors (Lipinski definition) is 1. The number of halogens is 4. The minimum atomic E-state index is -2.52. The van der Waals surface area contributed by atoms with E-state index < -0.39 is 18.3 Å². The fourth-order valence-corrected chi connectivity index (χ4v) is 1.40. The molecule has 84 valence electrons. The van der Waals surface area contributed by atoms with Gasteiger partial charge in [0.2, 0.25) is 0 Å². The number of alkyl halides is 2. The highest BCUT2D eigenvalue weighted by Crippen LogP contribution is 2.17. The summed E-state index contributed by atoms with van der Waals surface area (Å²) in [5.41, 5.74) is 0.235. The molecule has 0 spiro atoms. The Bertz CT molecular complexity index is 330. The maximum absolute atomic E-state index is 13.3. The molecule has 0 aromatic heterocycles. The predicted octanol–water partition coefficient (Wildman–Crippen LogP) is 2.87. The minimum Gasteiger partial charge on any atom is -0.312 e. The van der Waals surface area contributed by atoms with Crippen molar-refractivity contribution in [2.45, 2.75) is 18.9 Å². The van der Waals surface area contributed by atoms with Crippen LogP contribution in [0.2, 0.25) is 5.02 Å². The Kier molecular flexibility index (Phi) is 4.42. The summed E-state index contributed by atoms with van der Waals surface area (Å²) in [5.74, 6) is -0.552. The number of rotatable bonds is 4. The molecule has 0 radical (unpaired) electrons. The molecule has 15 heavy (non-hydrogen) atoms. The summed E-state index contributed by atoms with van der Waals surface area (Å²) in [4.78, 5) is 0. The van der Waals surface area contributed by atoms with Crippen molar-refractivity contribution in [1.82, 2.24) is 5.32 Å². The van der Waals surface area contributed by atoms with Gasteiger partial charge in [-0.05, 0) is 31.2 Å². The molecule has 0 saturated carbocycles. The molecular weight excluding hydrogens is 227 g/mol. The van der Waals surface area contributed by atoms with Crippen molar-refractivity contribution in [1.29, 1.82) is 0 Å². The molecule has 1 aromatic rings. The van der Waals surface area contributed by atoms with Gasteiger partial charge in [0.25, 0.3) is 6.43 Å². The lowest BCUT2D eigenvalue weighted by Gasteiger charge is -2.15. The van der Waals surface area contributed by atoms with Gasteiger partial charge in [-0.25, -0.2) is 13.2 Å². The lowest BCUT2D eigenvalue weighted by molar-refractivity contribution is 0.102. The van der Waals surface area contributed by atoms with E-state index in [2.05, 4.69) is 5.32 Å². The topological polar surface area (TPSA) is 12.0 Å². The molecule has 1 N–H and O–H groups in total. The number of benzene rings is 1. The van der Waals surface area contributed by atoms with E-state index in [0.717, 1.165) is 6.07 Å². The Morgan fingerprint density at radius 3 is 2.53 bits per heavy atom. The van der Waals surface area contributed by atoms with Gasteiger partial charge in [0.15, 0.2) is 0 Å². The molecule has 0 aliphatic rings. The average Bonchev–Trinajstić information content (AvgIpc) is 2.16. The molecule has 0 heterocycles. The Morgan fingerprint density at radius 1 is 1.40 bits per heavy atom. The monoisotopic (exact) mass is 237 g/mol. The van der Waals surface area contributed by atoms with Crippen molar-refractivity contribution in [2.24, 2.45) is 0 Å². The molecule has 5 heteroatoms. The van der Waals surface area contributed by atoms with Crippen LogP contribution in [0, 0.1) is 5.82 Å². The molecule has 0 fully saturated rings. The Hall–Kier alpha value is -0.740. The zero-order valence-electron chi connectivity index (χ0n) is 8.11. The van der Waals surface area contributed by atoms with E-state index in [1.807, 2.05) is 0 Å². The van der Waals surface area contributed by atoms with Gasteiger partial charge in [-0.3, -0.25) is 0 Å². The van der Waals surface area contributed by atoms with Crippen molar-refractivity contribution in [3.8, 4) is 0 Å². The Balaban J connectivity index is 2.79. The number of likely N-dealkylation sites (N-methyl/N-ethyl adjacent to an activating group) is 1. The molecule has 0 aliphatic carbocycles. The third-order valence-electron chi connectivity index (χ3n) is 2.13. The molecular formula is C10H11ClF3N. The SMILES string of the molecule is CNC(Cc1ccc(Cl)cc1F)C(F)F. The van der Waals surface area contributed by atoms with Gasteiger partial charge in [0, 0.05) is 5.02 Å². The summed E-state index contributed by atoms with van der Waals surface area (Å²) in [6.07, 6.45) is -2.58. The second-order valence-electron chi connectivity index (χ2n) is 3.17. The van der Waals surface area contributed by atoms with Gasteiger partial charge in [-0.15, -0.1) is 0 Å². The van der Waals surface area contributed by atoms with Crippen LogP contribution in [0.15, 0.2) is 18.2 Å². The predicted molar refractivity (Wildman–Crippen MR) is 54.0 cm³/mol. The summed E-state index contributed by atoms with van der Waals surface area (Å²) >= 11 is 5.55. The van der Waals surface area contributed by atoms with Crippen LogP contribution in [0.4, 0.5) is 13.2 Å². The van der Waals surface area contributed by atoms with Crippen molar-refractivity contribution in [2.75, 3.05) is 7.05 Å². The first-order valence-electron chi connectivity index (χ1n) is 4.44. The summed E-state index contributed by atoms with van der Waals surface area (Å²) < 4.78 is 38.0. The standard InChI is InChI=1S/C10H11ClF3N/c1-15-9(10(13)14)4-6-2-3-7(11)5-8(6)12/h2-3,5,9-10,15H,4H2,1H3. The zero-order valence-corrected chi connectivity index (χ0v) is 8.86. The van der Waals surface area contributed by atoms with Crippen LogP contribution < -0.4 is 5.32 Å². The summed E-state index contributed by atoms with van der Waals surface area (Å²) in [7, 11) is 1.42. The number of nitrogens with one attached hydrogen (secondary N) is 1. The molecule has 0 bridgehead atoms. The maximum atomic E-state index is 13.3. The van der Waals surface area contributed by atoms with E-state index in [0.29, 0.717) is 0 Å². The van der Waals surface area contributed by atoms with Gasteiger partial charge in [0.1, 0.15) is 5.82 Å². The van der Waals surface area contributed by atoms with E-state index in [-0.39, 0.29) is 17.0 Å². The van der Waals surface area contributed by atoms with Crippen molar-refractivity contribution < 1.29 is 13.2 Å². The lowest BCUT2D eigenvalue weighted by atomic mass is 10.1. The van der Waals surface area contributed by atoms with E-state index >= 15 is 0 Å². The Morgan fingerprint density at radius 2 is 2.07 bits per heavy atom. The highest BCUT2D eigenvalue weighted by atomic mass is 35.5. The van der Waals surface area contributed by atoms with Crippen LogP contribution in [-0.4, -0.2) is 19.5 Å². The van der Waals surface area contributed by atoms with Crippen LogP contribution in [0.5, 0.6) is 0 Å². The van der Waals surface area contributed by atoms with Crippen LogP contribution in [0.3, 0.4) is 0 Å². The minimum absolute atomic E-state index is 0.0584. The van der Waals surface area contributed by atoms with Gasteiger partial charge in [-0.1, -0.05) is 17.7 Å². The lowest BCUT2D eigenvalue weighted by Crippen LogP contribution is -2.34. The first-order valence-corrected chi connectivity index (χ1v) is 4.81. The normalized spacial score (nSPS) is 13.2. The van der Waals surface area contributed by atoms with E-state index in [4.69, 9.17) is 11.6 Å². The van der Waals surface area contributed by atoms with Gasteiger partial charge in [-0.2, -0.15) is 0 Å². The van der Waals surface area contributed by atoms with Crippen LogP contribution >= 0.6 is 11.6 Å². The molecule has 1 unspecified atom stereocenters. The largest absolute Gasteiger partial charge is 0.312 e. The zero-order chi connectivity index (χ0) is 11.4. The summed E-state index contributed by atoms with van der Waals surface area (Å²) in [5, 5.41) is 2.70. The Labute approximate surface area is 91.2 Å². The van der Waals surface area contributed by atoms with Crippen molar-refractivity contribution in [3.05, 3.63) is 34.6 Å². The second kappa shape index (κ2) is 5.37. The second-order valence-corrected chi connectivity index (χ2v) is 3.61.